The lowest BCUT2D eigenvalue weighted by molar-refractivity contribution is -0.143. The predicted molar refractivity (Wildman–Crippen MR) is 104 cm³/mol. The van der Waals surface area contributed by atoms with Gasteiger partial charge < -0.3 is 20.3 Å². The molecule has 2 fully saturated rings. The summed E-state index contributed by atoms with van der Waals surface area (Å²) in [5, 5.41) is 0. The number of hydrogen-bond acceptors (Lipinski definition) is 4. The number of hydrogen-bond donors (Lipinski definition) is 1. The molecule has 27 heavy (non-hydrogen) atoms. The third-order valence-corrected chi connectivity index (χ3v) is 5.59. The Morgan fingerprint density at radius 1 is 1.04 bits per heavy atom. The molecule has 0 unspecified atom stereocenters. The van der Waals surface area contributed by atoms with E-state index in [2.05, 4.69) is 12.1 Å². The first-order valence-corrected chi connectivity index (χ1v) is 10.1. The molecule has 2 amide bonds. The van der Waals surface area contributed by atoms with E-state index in [1.165, 1.54) is 5.56 Å². The predicted octanol–water partition coefficient (Wildman–Crippen LogP) is 1.43. The summed E-state index contributed by atoms with van der Waals surface area (Å²) in [6, 6.07) is 10.1. The SMILES string of the molecule is N[C@@H](CCC(=O)N1CCC(C(=O)N2CCOCC2)CC1)Cc1ccccc1. The van der Waals surface area contributed by atoms with Crippen molar-refractivity contribution in [3.05, 3.63) is 35.9 Å². The summed E-state index contributed by atoms with van der Waals surface area (Å²) in [7, 11) is 0. The summed E-state index contributed by atoms with van der Waals surface area (Å²) >= 11 is 0. The van der Waals surface area contributed by atoms with Gasteiger partial charge in [0.1, 0.15) is 0 Å². The molecule has 0 aromatic heterocycles. The van der Waals surface area contributed by atoms with Gasteiger partial charge in [0.25, 0.3) is 0 Å². The van der Waals surface area contributed by atoms with Crippen molar-refractivity contribution >= 4 is 11.8 Å². The van der Waals surface area contributed by atoms with Gasteiger partial charge in [-0.2, -0.15) is 0 Å². The standard InChI is InChI=1S/C21H31N3O3/c22-19(16-17-4-2-1-3-5-17)6-7-20(25)23-10-8-18(9-11-23)21(26)24-12-14-27-15-13-24/h1-5,18-19H,6-16,22H2/t19-/m0/s1. The number of likely N-dealkylation sites (tertiary alicyclic amines) is 1. The van der Waals surface area contributed by atoms with Crippen molar-refractivity contribution in [2.45, 2.75) is 38.1 Å². The lowest BCUT2D eigenvalue weighted by atomic mass is 9.94. The minimum Gasteiger partial charge on any atom is -0.378 e. The number of ether oxygens (including phenoxy) is 1. The van der Waals surface area contributed by atoms with E-state index in [0.717, 1.165) is 19.3 Å². The highest BCUT2D eigenvalue weighted by Crippen LogP contribution is 2.21. The van der Waals surface area contributed by atoms with Crippen molar-refractivity contribution in [3.8, 4) is 0 Å². The van der Waals surface area contributed by atoms with Gasteiger partial charge in [-0.25, -0.2) is 0 Å². The van der Waals surface area contributed by atoms with Crippen molar-refractivity contribution in [3.63, 3.8) is 0 Å². The summed E-state index contributed by atoms with van der Waals surface area (Å²) in [6.45, 7) is 3.99. The molecule has 0 radical (unpaired) electrons. The van der Waals surface area contributed by atoms with Crippen LogP contribution in [-0.4, -0.2) is 67.0 Å². The molecule has 6 heteroatoms. The third kappa shape index (κ3) is 5.78. The average molecular weight is 373 g/mol. The van der Waals surface area contributed by atoms with Crippen LogP contribution in [0.2, 0.25) is 0 Å². The Bertz CT molecular complexity index is 608. The Kier molecular flexibility index (Phi) is 7.24. The molecule has 1 aromatic rings. The monoisotopic (exact) mass is 373 g/mol. The van der Waals surface area contributed by atoms with Crippen LogP contribution in [0.3, 0.4) is 0 Å². The molecule has 2 aliphatic heterocycles. The Hall–Kier alpha value is -1.92. The Morgan fingerprint density at radius 3 is 2.37 bits per heavy atom. The molecule has 0 bridgehead atoms. The number of amides is 2. The summed E-state index contributed by atoms with van der Waals surface area (Å²) < 4.78 is 5.31. The van der Waals surface area contributed by atoms with E-state index < -0.39 is 0 Å². The van der Waals surface area contributed by atoms with Gasteiger partial charge in [0.2, 0.25) is 11.8 Å². The van der Waals surface area contributed by atoms with E-state index in [9.17, 15) is 9.59 Å². The lowest BCUT2D eigenvalue weighted by Gasteiger charge is -2.35. The number of carbonyl (C=O) groups excluding carboxylic acids is 2. The van der Waals surface area contributed by atoms with Crippen LogP contribution in [0.15, 0.2) is 30.3 Å². The fraction of sp³-hybridized carbons (Fsp3) is 0.619. The van der Waals surface area contributed by atoms with Crippen LogP contribution in [0.25, 0.3) is 0 Å². The van der Waals surface area contributed by atoms with Gasteiger partial charge in [0, 0.05) is 44.6 Å². The fourth-order valence-corrected chi connectivity index (χ4v) is 3.90. The van der Waals surface area contributed by atoms with Crippen LogP contribution in [0.4, 0.5) is 0 Å². The maximum absolute atomic E-state index is 12.6. The fourth-order valence-electron chi connectivity index (χ4n) is 3.90. The molecule has 0 aliphatic carbocycles. The number of piperidine rings is 1. The molecule has 1 atom stereocenters. The number of nitrogens with two attached hydrogens (primary N) is 1. The molecule has 148 valence electrons. The molecular formula is C21H31N3O3. The van der Waals surface area contributed by atoms with Gasteiger partial charge in [-0.15, -0.1) is 0 Å². The average Bonchev–Trinajstić information content (AvgIpc) is 2.73. The second-order valence-electron chi connectivity index (χ2n) is 7.58. The van der Waals surface area contributed by atoms with Crippen LogP contribution < -0.4 is 5.73 Å². The first-order chi connectivity index (χ1) is 13.1. The Morgan fingerprint density at radius 2 is 1.70 bits per heavy atom. The summed E-state index contributed by atoms with van der Waals surface area (Å²) in [6.07, 6.45) is 3.50. The third-order valence-electron chi connectivity index (χ3n) is 5.59. The Labute approximate surface area is 161 Å². The van der Waals surface area contributed by atoms with E-state index in [0.29, 0.717) is 52.2 Å². The van der Waals surface area contributed by atoms with Crippen LogP contribution in [0.1, 0.15) is 31.2 Å². The van der Waals surface area contributed by atoms with Gasteiger partial charge >= 0.3 is 0 Å². The van der Waals surface area contributed by atoms with Crippen molar-refractivity contribution in [2.75, 3.05) is 39.4 Å². The molecule has 6 nitrogen and oxygen atoms in total. The number of benzene rings is 1. The topological polar surface area (TPSA) is 75.9 Å². The van der Waals surface area contributed by atoms with E-state index in [1.54, 1.807) is 0 Å². The van der Waals surface area contributed by atoms with Crippen LogP contribution >= 0.6 is 0 Å². The van der Waals surface area contributed by atoms with E-state index in [4.69, 9.17) is 10.5 Å². The molecule has 2 aliphatic rings. The minimum atomic E-state index is -0.00297. The number of rotatable bonds is 6. The zero-order chi connectivity index (χ0) is 19.1. The molecule has 3 rings (SSSR count). The number of morpholine rings is 1. The number of nitrogens with zero attached hydrogens (tertiary/aromatic N) is 2. The molecular weight excluding hydrogens is 342 g/mol. The highest BCUT2D eigenvalue weighted by molar-refractivity contribution is 5.80. The zero-order valence-electron chi connectivity index (χ0n) is 16.0. The lowest BCUT2D eigenvalue weighted by Crippen LogP contribution is -2.47. The van der Waals surface area contributed by atoms with Crippen LogP contribution in [0, 0.1) is 5.92 Å². The molecule has 2 N–H and O–H groups in total. The first kappa shape index (κ1) is 19.8. The Balaban J connectivity index is 1.37. The van der Waals surface area contributed by atoms with E-state index in [1.807, 2.05) is 28.0 Å². The second kappa shape index (κ2) is 9.85. The first-order valence-electron chi connectivity index (χ1n) is 10.1. The van der Waals surface area contributed by atoms with E-state index >= 15 is 0 Å². The molecule has 0 saturated carbocycles. The minimum absolute atomic E-state index is 0.00297. The quantitative estimate of drug-likeness (QED) is 0.819. The van der Waals surface area contributed by atoms with Crippen molar-refractivity contribution in [1.82, 2.24) is 9.80 Å². The molecule has 2 heterocycles. The number of carbonyl (C=O) groups is 2. The van der Waals surface area contributed by atoms with Crippen molar-refractivity contribution < 1.29 is 14.3 Å². The highest BCUT2D eigenvalue weighted by atomic mass is 16.5. The van der Waals surface area contributed by atoms with Gasteiger partial charge in [0.05, 0.1) is 13.2 Å². The maximum Gasteiger partial charge on any atom is 0.225 e. The highest BCUT2D eigenvalue weighted by Gasteiger charge is 2.30. The van der Waals surface area contributed by atoms with E-state index in [-0.39, 0.29) is 23.8 Å². The van der Waals surface area contributed by atoms with Crippen molar-refractivity contribution in [2.24, 2.45) is 11.7 Å². The molecule has 0 spiro atoms. The normalized spacial score (nSPS) is 19.7. The maximum atomic E-state index is 12.6. The van der Waals surface area contributed by atoms with Gasteiger partial charge in [-0.1, -0.05) is 30.3 Å². The molecule has 2 saturated heterocycles. The summed E-state index contributed by atoms with van der Waals surface area (Å²) in [5.41, 5.74) is 7.41. The zero-order valence-corrected chi connectivity index (χ0v) is 16.0. The van der Waals surface area contributed by atoms with Gasteiger partial charge in [-0.05, 0) is 31.2 Å². The van der Waals surface area contributed by atoms with Crippen molar-refractivity contribution in [1.29, 1.82) is 0 Å². The van der Waals surface area contributed by atoms with Gasteiger partial charge in [-0.3, -0.25) is 9.59 Å². The largest absolute Gasteiger partial charge is 0.378 e. The summed E-state index contributed by atoms with van der Waals surface area (Å²) in [5.74, 6) is 0.443. The van der Waals surface area contributed by atoms with Crippen LogP contribution in [0.5, 0.6) is 0 Å². The summed E-state index contributed by atoms with van der Waals surface area (Å²) in [4.78, 5) is 28.9. The molecule has 1 aromatic carbocycles. The smallest absolute Gasteiger partial charge is 0.225 e. The second-order valence-corrected chi connectivity index (χ2v) is 7.58. The van der Waals surface area contributed by atoms with Gasteiger partial charge in [0.15, 0.2) is 0 Å². The van der Waals surface area contributed by atoms with Crippen LogP contribution in [-0.2, 0) is 20.7 Å².